The number of aromatic nitrogens is 3. The summed E-state index contributed by atoms with van der Waals surface area (Å²) in [6.45, 7) is 11.0. The van der Waals surface area contributed by atoms with E-state index in [1.807, 2.05) is 18.3 Å². The second-order valence-electron chi connectivity index (χ2n) is 11.1. The van der Waals surface area contributed by atoms with Crippen LogP contribution in [0.2, 0.25) is 0 Å². The Kier molecular flexibility index (Phi) is 7.34. The van der Waals surface area contributed by atoms with E-state index in [0.29, 0.717) is 11.4 Å². The van der Waals surface area contributed by atoms with Gasteiger partial charge in [-0.15, -0.1) is 11.5 Å². The molecule has 0 atom stereocenters. The second kappa shape index (κ2) is 10.4. The molecule has 0 saturated heterocycles. The number of rotatable bonds is 4. The Morgan fingerprint density at radius 2 is 1.67 bits per heavy atom. The summed E-state index contributed by atoms with van der Waals surface area (Å²) in [6.07, 6.45) is 1.89. The third-order valence-corrected chi connectivity index (χ3v) is 7.97. The first kappa shape index (κ1) is 27.4. The quantitative estimate of drug-likeness (QED) is 0.186. The average molecular weight is 712 g/mol. The summed E-state index contributed by atoms with van der Waals surface area (Å²) < 4.78 is 2.21. The number of aromatic hydroxyl groups is 1. The van der Waals surface area contributed by atoms with Crippen LogP contribution in [-0.2, 0) is 26.5 Å². The molecular weight excluding hydrogens is 682 g/mol. The Balaban J connectivity index is 0.00000308. The third-order valence-electron chi connectivity index (χ3n) is 7.08. The molecule has 0 aliphatic rings. The van der Waals surface area contributed by atoms with Gasteiger partial charge in [-0.1, -0.05) is 81.1 Å². The van der Waals surface area contributed by atoms with E-state index in [1.54, 1.807) is 17.8 Å². The maximum Gasteiger partial charge on any atom is 0.141 e. The number of phenols is 1. The van der Waals surface area contributed by atoms with E-state index in [2.05, 4.69) is 99.8 Å². The van der Waals surface area contributed by atoms with E-state index in [9.17, 15) is 5.11 Å². The summed E-state index contributed by atoms with van der Waals surface area (Å²) in [5, 5.41) is 14.7. The minimum absolute atomic E-state index is 0. The van der Waals surface area contributed by atoms with Gasteiger partial charge in [0.25, 0.3) is 0 Å². The van der Waals surface area contributed by atoms with Gasteiger partial charge in [0, 0.05) is 38.2 Å². The Hall–Kier alpha value is -3.14. The normalized spacial score (nSPS) is 11.9. The monoisotopic (exact) mass is 711 g/mol. The van der Waals surface area contributed by atoms with Gasteiger partial charge in [-0.05, 0) is 64.2 Å². The van der Waals surface area contributed by atoms with Crippen molar-refractivity contribution in [2.75, 3.05) is 0 Å². The number of hydrogen-bond donors (Lipinski definition) is 1. The van der Waals surface area contributed by atoms with Gasteiger partial charge >= 0.3 is 0 Å². The Bertz CT molecular complexity index is 1840. The van der Waals surface area contributed by atoms with E-state index in [0.717, 1.165) is 37.5 Å². The zero-order chi connectivity index (χ0) is 26.6. The van der Waals surface area contributed by atoms with Crippen molar-refractivity contribution in [3.8, 4) is 11.6 Å². The second-order valence-corrected chi connectivity index (χ2v) is 12.1. The molecule has 0 aliphatic heterocycles. The van der Waals surface area contributed by atoms with Crippen molar-refractivity contribution in [2.45, 2.75) is 55.9 Å². The average Bonchev–Trinajstić information content (AvgIpc) is 3.22. The van der Waals surface area contributed by atoms with E-state index < -0.39 is 0 Å². The first-order valence-corrected chi connectivity index (χ1v) is 13.8. The molecule has 0 bridgehead atoms. The van der Waals surface area contributed by atoms with Gasteiger partial charge in [-0.25, -0.2) is 9.97 Å². The van der Waals surface area contributed by atoms with Gasteiger partial charge in [0.2, 0.25) is 0 Å². The Labute approximate surface area is 247 Å². The molecule has 0 unspecified atom stereocenters. The van der Waals surface area contributed by atoms with Gasteiger partial charge in [0.1, 0.15) is 17.1 Å². The molecule has 0 saturated carbocycles. The van der Waals surface area contributed by atoms with Crippen LogP contribution in [0.25, 0.3) is 38.5 Å². The molecule has 6 rings (SSSR count). The number of pyridine rings is 2. The number of hydrogen-bond acceptors (Lipinski definition) is 4. The maximum atomic E-state index is 10.5. The number of nitrogens with zero attached hydrogens (tertiary/aromatic N) is 3. The van der Waals surface area contributed by atoms with Crippen LogP contribution in [0.4, 0.5) is 0 Å². The molecule has 0 amide bonds. The summed E-state index contributed by atoms with van der Waals surface area (Å²) in [7, 11) is 0. The van der Waals surface area contributed by atoms with Crippen molar-refractivity contribution in [1.82, 2.24) is 14.5 Å². The first-order chi connectivity index (χ1) is 18.2. The fourth-order valence-electron chi connectivity index (χ4n) is 5.06. The van der Waals surface area contributed by atoms with E-state index in [1.165, 1.54) is 16.5 Å². The maximum absolute atomic E-state index is 10.5. The van der Waals surface area contributed by atoms with Crippen LogP contribution in [0.1, 0.15) is 51.7 Å². The van der Waals surface area contributed by atoms with Gasteiger partial charge in [0.15, 0.2) is 0 Å². The molecular formula is C33H30N3OPtS-. The molecule has 6 aromatic rings. The molecule has 0 spiro atoms. The molecule has 0 fully saturated rings. The minimum atomic E-state index is 0. The van der Waals surface area contributed by atoms with Crippen LogP contribution in [0.5, 0.6) is 5.75 Å². The largest absolute Gasteiger partial charge is 0.506 e. The molecule has 0 aliphatic carbocycles. The first-order valence-electron chi connectivity index (χ1n) is 12.9. The smallest absolute Gasteiger partial charge is 0.141 e. The molecule has 0 radical (unpaired) electrons. The number of fused-ring (bicyclic) bond motifs is 4. The standard InChI is InChI=1S/C33H30N3OS.Pt/c1-20(2)23-12-14-29(37)32-26(23)13-15-31(35-32)38-22-10-11-25-24-8-6-7-9-27(24)36(28(25)19-22)30-18-21(16-17-34-30)33(3,4)5;/h6-18,20,37H,1-5H3;/q-1;. The van der Waals surface area contributed by atoms with Crippen LogP contribution in [-0.4, -0.2) is 19.6 Å². The zero-order valence-electron chi connectivity index (χ0n) is 22.6. The van der Waals surface area contributed by atoms with Crippen molar-refractivity contribution in [1.29, 1.82) is 0 Å². The summed E-state index contributed by atoms with van der Waals surface area (Å²) in [5.74, 6) is 1.44. The predicted molar refractivity (Wildman–Crippen MR) is 158 cm³/mol. The van der Waals surface area contributed by atoms with Crippen LogP contribution in [0, 0.1) is 6.07 Å². The van der Waals surface area contributed by atoms with Gasteiger partial charge in [-0.2, -0.15) is 12.1 Å². The van der Waals surface area contributed by atoms with Crippen LogP contribution in [0.3, 0.4) is 0 Å². The molecule has 200 valence electrons. The summed E-state index contributed by atoms with van der Waals surface area (Å²) in [4.78, 5) is 10.6. The Morgan fingerprint density at radius 3 is 2.44 bits per heavy atom. The van der Waals surface area contributed by atoms with E-state index >= 15 is 0 Å². The van der Waals surface area contributed by atoms with E-state index in [-0.39, 0.29) is 32.2 Å². The summed E-state index contributed by atoms with van der Waals surface area (Å²) in [5.41, 5.74) is 5.17. The van der Waals surface area contributed by atoms with E-state index in [4.69, 9.17) is 9.97 Å². The van der Waals surface area contributed by atoms with Crippen molar-refractivity contribution in [3.63, 3.8) is 0 Å². The number of para-hydroxylation sites is 1. The van der Waals surface area contributed by atoms with Crippen LogP contribution in [0.15, 0.2) is 88.9 Å². The SMILES string of the molecule is CC(C)c1ccc(O)c2nc(Sc3[c-]c4c(cc3)c3ccccc3n4-c3cc(C(C)(C)C)ccn3)ccc12.[Pt]. The predicted octanol–water partition coefficient (Wildman–Crippen LogP) is 8.80. The fourth-order valence-corrected chi connectivity index (χ4v) is 5.84. The van der Waals surface area contributed by atoms with Gasteiger partial charge in [0.05, 0.1) is 5.03 Å². The fraction of sp³-hybridized carbons (Fsp3) is 0.212. The Morgan fingerprint density at radius 1 is 0.897 bits per heavy atom. The number of benzene rings is 3. The van der Waals surface area contributed by atoms with Crippen molar-refractivity contribution in [2.24, 2.45) is 0 Å². The molecule has 3 heterocycles. The van der Waals surface area contributed by atoms with Gasteiger partial charge in [-0.3, -0.25) is 0 Å². The molecule has 6 heteroatoms. The molecule has 3 aromatic heterocycles. The van der Waals surface area contributed by atoms with Gasteiger partial charge < -0.3 is 9.67 Å². The zero-order valence-corrected chi connectivity index (χ0v) is 25.7. The topological polar surface area (TPSA) is 50.9 Å². The number of phenolic OH excluding ortho intramolecular Hbond substituents is 1. The summed E-state index contributed by atoms with van der Waals surface area (Å²) >= 11 is 1.55. The van der Waals surface area contributed by atoms with Crippen molar-refractivity contribution < 1.29 is 26.2 Å². The van der Waals surface area contributed by atoms with Crippen LogP contribution >= 0.6 is 11.8 Å². The third kappa shape index (κ3) is 4.99. The molecule has 3 aromatic carbocycles. The van der Waals surface area contributed by atoms with Crippen molar-refractivity contribution >= 4 is 44.5 Å². The minimum Gasteiger partial charge on any atom is -0.506 e. The summed E-state index contributed by atoms with van der Waals surface area (Å²) in [6, 6.07) is 28.5. The molecule has 1 N–H and O–H groups in total. The molecule has 4 nitrogen and oxygen atoms in total. The van der Waals surface area contributed by atoms with Crippen molar-refractivity contribution in [3.05, 3.63) is 96.2 Å². The van der Waals surface area contributed by atoms with Crippen LogP contribution < -0.4 is 0 Å². The molecule has 39 heavy (non-hydrogen) atoms.